The summed E-state index contributed by atoms with van der Waals surface area (Å²) >= 11 is 0. The second-order valence-corrected chi connectivity index (χ2v) is 13.0. The Morgan fingerprint density at radius 1 is 0.479 bits per heavy atom. The fraction of sp³-hybridized carbons (Fsp3) is 0.721. The van der Waals surface area contributed by atoms with E-state index in [1.807, 2.05) is 0 Å². The van der Waals surface area contributed by atoms with Crippen LogP contribution in [-0.4, -0.2) is 36.4 Å². The van der Waals surface area contributed by atoms with Gasteiger partial charge >= 0.3 is 11.9 Å². The Labute approximate surface area is 296 Å². The highest BCUT2D eigenvalue weighted by Crippen LogP contribution is 2.12. The number of ether oxygens (including phenoxy) is 2. The topological polar surface area (TPSA) is 72.8 Å². The lowest BCUT2D eigenvalue weighted by atomic mass is 10.1. The van der Waals surface area contributed by atoms with Gasteiger partial charge in [0.25, 0.3) is 0 Å². The summed E-state index contributed by atoms with van der Waals surface area (Å²) in [5.41, 5.74) is 0. The summed E-state index contributed by atoms with van der Waals surface area (Å²) in [4.78, 5) is 24.2. The van der Waals surface area contributed by atoms with Gasteiger partial charge < -0.3 is 14.6 Å². The molecular weight excluding hydrogens is 596 g/mol. The number of hydrogen-bond donors (Lipinski definition) is 1. The van der Waals surface area contributed by atoms with Gasteiger partial charge in [-0.25, -0.2) is 0 Å². The van der Waals surface area contributed by atoms with E-state index in [0.717, 1.165) is 51.4 Å². The fourth-order valence-electron chi connectivity index (χ4n) is 5.25. The van der Waals surface area contributed by atoms with Crippen molar-refractivity contribution in [3.63, 3.8) is 0 Å². The fourth-order valence-corrected chi connectivity index (χ4v) is 5.25. The minimum Gasteiger partial charge on any atom is -0.462 e. The molecular formula is C43H74O5. The van der Waals surface area contributed by atoms with Crippen LogP contribution in [0.3, 0.4) is 0 Å². The van der Waals surface area contributed by atoms with E-state index < -0.39 is 6.10 Å². The molecule has 5 nitrogen and oxygen atoms in total. The molecule has 0 bridgehead atoms. The summed E-state index contributed by atoms with van der Waals surface area (Å²) < 4.78 is 10.6. The Morgan fingerprint density at radius 2 is 0.854 bits per heavy atom. The van der Waals surface area contributed by atoms with Gasteiger partial charge in [-0.05, 0) is 77.0 Å². The number of carbonyl (C=O) groups is 2. The Morgan fingerprint density at radius 3 is 1.35 bits per heavy atom. The van der Waals surface area contributed by atoms with E-state index in [-0.39, 0.29) is 31.6 Å². The zero-order chi connectivity index (χ0) is 35.0. The van der Waals surface area contributed by atoms with Crippen molar-refractivity contribution >= 4 is 11.9 Å². The predicted molar refractivity (Wildman–Crippen MR) is 205 cm³/mol. The number of esters is 2. The van der Waals surface area contributed by atoms with Crippen molar-refractivity contribution in [1.82, 2.24) is 0 Å². The van der Waals surface area contributed by atoms with Gasteiger partial charge in [-0.3, -0.25) is 9.59 Å². The van der Waals surface area contributed by atoms with Crippen LogP contribution in [0, 0.1) is 0 Å². The van der Waals surface area contributed by atoms with Crippen LogP contribution in [0.2, 0.25) is 0 Å². The summed E-state index contributed by atoms with van der Waals surface area (Å²) in [5.74, 6) is -0.664. The van der Waals surface area contributed by atoms with Crippen molar-refractivity contribution in [3.05, 3.63) is 60.8 Å². The number of aliphatic hydroxyl groups is 1. The lowest BCUT2D eigenvalue weighted by molar-refractivity contribution is -0.161. The molecule has 0 spiro atoms. The molecule has 0 aliphatic heterocycles. The zero-order valence-corrected chi connectivity index (χ0v) is 31.2. The van der Waals surface area contributed by atoms with Crippen LogP contribution in [0.15, 0.2) is 60.8 Å². The molecule has 48 heavy (non-hydrogen) atoms. The molecule has 0 rings (SSSR count). The summed E-state index contributed by atoms with van der Waals surface area (Å²) in [6.07, 6.45) is 50.0. The normalized spacial score (nSPS) is 12.8. The van der Waals surface area contributed by atoms with Crippen LogP contribution in [0.4, 0.5) is 0 Å². The van der Waals surface area contributed by atoms with Crippen molar-refractivity contribution in [2.45, 2.75) is 187 Å². The molecule has 0 aliphatic carbocycles. The summed E-state index contributed by atoms with van der Waals surface area (Å²) in [7, 11) is 0. The molecule has 0 aliphatic rings. The zero-order valence-electron chi connectivity index (χ0n) is 31.2. The molecule has 1 atom stereocenters. The van der Waals surface area contributed by atoms with E-state index in [1.165, 1.54) is 96.3 Å². The third kappa shape index (κ3) is 36.4. The van der Waals surface area contributed by atoms with Gasteiger partial charge in [-0.2, -0.15) is 0 Å². The van der Waals surface area contributed by atoms with Crippen LogP contribution in [0.1, 0.15) is 181 Å². The van der Waals surface area contributed by atoms with Crippen LogP contribution < -0.4 is 0 Å². The van der Waals surface area contributed by atoms with Gasteiger partial charge in [0.1, 0.15) is 6.61 Å². The molecule has 0 aromatic rings. The molecule has 0 unspecified atom stereocenters. The van der Waals surface area contributed by atoms with Crippen molar-refractivity contribution in [3.8, 4) is 0 Å². The molecule has 0 heterocycles. The first-order valence-corrected chi connectivity index (χ1v) is 19.8. The number of unbranched alkanes of at least 4 members (excludes halogenated alkanes) is 17. The first kappa shape index (κ1) is 45.6. The molecule has 0 aromatic carbocycles. The Balaban J connectivity index is 3.67. The summed E-state index contributed by atoms with van der Waals surface area (Å²) in [6, 6.07) is 0. The van der Waals surface area contributed by atoms with Crippen LogP contribution in [-0.2, 0) is 19.1 Å². The Hall–Kier alpha value is -2.40. The van der Waals surface area contributed by atoms with E-state index in [0.29, 0.717) is 12.8 Å². The third-order valence-corrected chi connectivity index (χ3v) is 8.28. The minimum atomic E-state index is -0.802. The van der Waals surface area contributed by atoms with E-state index in [9.17, 15) is 14.7 Å². The first-order chi connectivity index (χ1) is 23.6. The number of carbonyl (C=O) groups excluding carboxylic acids is 2. The van der Waals surface area contributed by atoms with Crippen LogP contribution in [0.5, 0.6) is 0 Å². The van der Waals surface area contributed by atoms with Crippen LogP contribution in [0.25, 0.3) is 0 Å². The molecule has 0 amide bonds. The van der Waals surface area contributed by atoms with E-state index in [1.54, 1.807) is 0 Å². The van der Waals surface area contributed by atoms with Gasteiger partial charge in [0.15, 0.2) is 6.10 Å². The molecule has 0 fully saturated rings. The van der Waals surface area contributed by atoms with E-state index in [2.05, 4.69) is 74.6 Å². The maximum atomic E-state index is 12.1. The van der Waals surface area contributed by atoms with Crippen molar-refractivity contribution in [2.24, 2.45) is 0 Å². The molecule has 0 aromatic heterocycles. The average molecular weight is 671 g/mol. The first-order valence-electron chi connectivity index (χ1n) is 19.8. The number of hydrogen-bond acceptors (Lipinski definition) is 5. The molecule has 0 saturated carbocycles. The highest BCUT2D eigenvalue weighted by Gasteiger charge is 2.15. The Kier molecular flexibility index (Phi) is 37.1. The van der Waals surface area contributed by atoms with Crippen molar-refractivity contribution in [2.75, 3.05) is 13.2 Å². The number of aliphatic hydroxyl groups excluding tert-OH is 1. The van der Waals surface area contributed by atoms with Gasteiger partial charge in [0, 0.05) is 12.8 Å². The highest BCUT2D eigenvalue weighted by atomic mass is 16.6. The molecule has 5 heteroatoms. The van der Waals surface area contributed by atoms with E-state index in [4.69, 9.17) is 9.47 Å². The lowest BCUT2D eigenvalue weighted by Crippen LogP contribution is -2.28. The van der Waals surface area contributed by atoms with Crippen molar-refractivity contribution in [1.29, 1.82) is 0 Å². The quantitative estimate of drug-likeness (QED) is 0.0413. The molecule has 1 N–H and O–H groups in total. The average Bonchev–Trinajstić information content (AvgIpc) is 3.09. The monoisotopic (exact) mass is 671 g/mol. The van der Waals surface area contributed by atoms with Gasteiger partial charge in [0.05, 0.1) is 6.61 Å². The lowest BCUT2D eigenvalue weighted by Gasteiger charge is -2.15. The minimum absolute atomic E-state index is 0.0920. The molecule has 276 valence electrons. The number of rotatable bonds is 35. The van der Waals surface area contributed by atoms with Gasteiger partial charge in [0.2, 0.25) is 0 Å². The molecule has 0 radical (unpaired) electrons. The van der Waals surface area contributed by atoms with Gasteiger partial charge in [-0.1, -0.05) is 152 Å². The standard InChI is InChI=1S/C43H74O5/c1-3-5-7-9-11-13-15-17-19-21-23-25-27-29-31-33-35-37-42(45)47-40-41(39-44)48-43(46)38-36-34-32-30-28-26-24-22-20-18-16-14-12-10-8-6-4-2/h11,13,17-20,24,26,30,32,41,44H,3-10,12,14-16,21-23,25,27-29,31,33-40H2,1-2H3/b13-11-,19-17-,20-18-,26-24-,32-30-/t41-/m0/s1. The third-order valence-electron chi connectivity index (χ3n) is 8.28. The predicted octanol–water partition coefficient (Wildman–Crippen LogP) is 12.4. The Bertz CT molecular complexity index is 853. The SMILES string of the molecule is CCCCC/C=C\C/C=C\CCCCCCCCCC(=O)OC[C@H](CO)OC(=O)CCC/C=C\C/C=C\C/C=C\CCCCCCCC. The smallest absolute Gasteiger partial charge is 0.306 e. The van der Waals surface area contributed by atoms with Gasteiger partial charge in [-0.15, -0.1) is 0 Å². The second kappa shape index (κ2) is 39.0. The van der Waals surface area contributed by atoms with Crippen LogP contribution >= 0.6 is 0 Å². The highest BCUT2D eigenvalue weighted by molar-refractivity contribution is 5.70. The maximum absolute atomic E-state index is 12.1. The van der Waals surface area contributed by atoms with Crippen molar-refractivity contribution < 1.29 is 24.2 Å². The largest absolute Gasteiger partial charge is 0.462 e. The molecule has 0 saturated heterocycles. The van der Waals surface area contributed by atoms with E-state index >= 15 is 0 Å². The number of allylic oxidation sites excluding steroid dienone is 10. The maximum Gasteiger partial charge on any atom is 0.306 e. The summed E-state index contributed by atoms with van der Waals surface area (Å²) in [6.45, 7) is 4.05. The second-order valence-electron chi connectivity index (χ2n) is 13.0. The summed E-state index contributed by atoms with van der Waals surface area (Å²) in [5, 5.41) is 9.54.